The van der Waals surface area contributed by atoms with Crippen LogP contribution >= 0.6 is 0 Å². The summed E-state index contributed by atoms with van der Waals surface area (Å²) in [5.74, 6) is -0.338. The van der Waals surface area contributed by atoms with E-state index in [1.54, 1.807) is 6.92 Å². The molecule has 5 heteroatoms. The fraction of sp³-hybridized carbons (Fsp3) is 0.263. The molecule has 0 radical (unpaired) electrons. The number of hydrogen-bond donors (Lipinski definition) is 0. The molecule has 1 unspecified atom stereocenters. The van der Waals surface area contributed by atoms with E-state index in [1.807, 2.05) is 60.7 Å². The minimum Gasteiger partial charge on any atom is -0.350 e. The van der Waals surface area contributed by atoms with E-state index in [2.05, 4.69) is 0 Å². The zero-order chi connectivity index (χ0) is 17.2. The molecule has 2 aromatic rings. The lowest BCUT2D eigenvalue weighted by Gasteiger charge is -2.30. The van der Waals surface area contributed by atoms with Crippen molar-refractivity contribution >= 4 is 11.9 Å². The molecule has 124 valence electrons. The molecule has 0 N–H and O–H groups in total. The molecular formula is C19H20N2O3. The van der Waals surface area contributed by atoms with E-state index >= 15 is 0 Å². The largest absolute Gasteiger partial charge is 0.350 e. The number of ether oxygens (including phenoxy) is 1. The number of carbonyl (C=O) groups is 2. The molecule has 1 saturated heterocycles. The van der Waals surface area contributed by atoms with Crippen LogP contribution in [0.3, 0.4) is 0 Å². The van der Waals surface area contributed by atoms with E-state index in [-0.39, 0.29) is 18.5 Å². The Labute approximate surface area is 141 Å². The zero-order valence-electron chi connectivity index (χ0n) is 13.8. The average Bonchev–Trinajstić information content (AvgIpc) is 2.79. The second kappa shape index (κ2) is 6.45. The first-order valence-electron chi connectivity index (χ1n) is 7.83. The van der Waals surface area contributed by atoms with Gasteiger partial charge in [0, 0.05) is 7.11 Å². The highest BCUT2D eigenvalue weighted by molar-refractivity contribution is 6.05. The van der Waals surface area contributed by atoms with Gasteiger partial charge < -0.3 is 4.74 Å². The highest BCUT2D eigenvalue weighted by Gasteiger charge is 2.54. The molecule has 0 aliphatic carbocycles. The quantitative estimate of drug-likeness (QED) is 0.795. The van der Waals surface area contributed by atoms with Crippen LogP contribution in [0.2, 0.25) is 0 Å². The lowest BCUT2D eigenvalue weighted by molar-refractivity contribution is -0.156. The van der Waals surface area contributed by atoms with E-state index in [0.717, 1.165) is 11.1 Å². The lowest BCUT2D eigenvalue weighted by atomic mass is 10.1. The molecular weight excluding hydrogens is 304 g/mol. The summed E-state index contributed by atoms with van der Waals surface area (Å²) in [5.41, 5.74) is 0.560. The molecule has 0 bridgehead atoms. The maximum absolute atomic E-state index is 12.9. The number of benzene rings is 2. The van der Waals surface area contributed by atoms with Crippen LogP contribution in [0.15, 0.2) is 60.7 Å². The zero-order valence-corrected chi connectivity index (χ0v) is 13.8. The van der Waals surface area contributed by atoms with Gasteiger partial charge in [-0.3, -0.25) is 14.6 Å². The van der Waals surface area contributed by atoms with Crippen LogP contribution in [0.1, 0.15) is 18.1 Å². The predicted octanol–water partition coefficient (Wildman–Crippen LogP) is 3.01. The number of hydrogen-bond acceptors (Lipinski definition) is 3. The first-order valence-corrected chi connectivity index (χ1v) is 7.83. The third-order valence-electron chi connectivity index (χ3n) is 4.38. The van der Waals surface area contributed by atoms with Gasteiger partial charge in [-0.15, -0.1) is 0 Å². The normalized spacial score (nSPS) is 20.8. The number of nitrogens with zero attached hydrogens (tertiary/aromatic N) is 2. The van der Waals surface area contributed by atoms with Crippen molar-refractivity contribution in [3.05, 3.63) is 71.8 Å². The summed E-state index contributed by atoms with van der Waals surface area (Å²) >= 11 is 0. The highest BCUT2D eigenvalue weighted by atomic mass is 16.5. The maximum Gasteiger partial charge on any atom is 0.330 e. The van der Waals surface area contributed by atoms with E-state index in [0.29, 0.717) is 6.54 Å². The van der Waals surface area contributed by atoms with E-state index in [4.69, 9.17) is 4.74 Å². The monoisotopic (exact) mass is 324 g/mol. The van der Waals surface area contributed by atoms with Crippen molar-refractivity contribution in [3.63, 3.8) is 0 Å². The fourth-order valence-corrected chi connectivity index (χ4v) is 2.87. The van der Waals surface area contributed by atoms with Gasteiger partial charge >= 0.3 is 6.03 Å². The van der Waals surface area contributed by atoms with Crippen LogP contribution in [-0.2, 0) is 22.6 Å². The summed E-state index contributed by atoms with van der Waals surface area (Å²) in [6.07, 6.45) is 0. The molecule has 3 rings (SSSR count). The molecule has 2 aromatic carbocycles. The third kappa shape index (κ3) is 2.78. The molecule has 1 aliphatic rings. The van der Waals surface area contributed by atoms with Crippen molar-refractivity contribution in [1.29, 1.82) is 0 Å². The minimum atomic E-state index is -1.29. The second-order valence-corrected chi connectivity index (χ2v) is 5.92. The topological polar surface area (TPSA) is 49.9 Å². The van der Waals surface area contributed by atoms with Gasteiger partial charge in [-0.1, -0.05) is 60.7 Å². The lowest BCUT2D eigenvalue weighted by Crippen LogP contribution is -2.48. The second-order valence-electron chi connectivity index (χ2n) is 5.92. The Morgan fingerprint density at radius 2 is 1.38 bits per heavy atom. The van der Waals surface area contributed by atoms with Crippen LogP contribution in [0.25, 0.3) is 0 Å². The molecule has 1 atom stereocenters. The van der Waals surface area contributed by atoms with Crippen molar-refractivity contribution in [2.45, 2.75) is 25.7 Å². The maximum atomic E-state index is 12.9. The van der Waals surface area contributed by atoms with Crippen LogP contribution in [0, 0.1) is 0 Å². The molecule has 1 fully saturated rings. The molecule has 0 aromatic heterocycles. The average molecular weight is 324 g/mol. The van der Waals surface area contributed by atoms with Crippen molar-refractivity contribution in [1.82, 2.24) is 9.80 Å². The summed E-state index contributed by atoms with van der Waals surface area (Å²) in [5, 5.41) is 0. The van der Waals surface area contributed by atoms with Gasteiger partial charge in [0.2, 0.25) is 5.72 Å². The molecule has 1 aliphatic heterocycles. The summed E-state index contributed by atoms with van der Waals surface area (Å²) in [6.45, 7) is 2.20. The summed E-state index contributed by atoms with van der Waals surface area (Å²) in [6, 6.07) is 18.7. The molecule has 24 heavy (non-hydrogen) atoms. The van der Waals surface area contributed by atoms with Gasteiger partial charge in [-0.2, -0.15) is 0 Å². The smallest absolute Gasteiger partial charge is 0.330 e. The number of urea groups is 1. The van der Waals surface area contributed by atoms with Gasteiger partial charge in [0.05, 0.1) is 13.1 Å². The highest BCUT2D eigenvalue weighted by Crippen LogP contribution is 2.31. The molecule has 3 amide bonds. The van der Waals surface area contributed by atoms with Crippen LogP contribution in [0.5, 0.6) is 0 Å². The summed E-state index contributed by atoms with van der Waals surface area (Å²) in [4.78, 5) is 28.4. The Bertz CT molecular complexity index is 733. The van der Waals surface area contributed by atoms with E-state index < -0.39 is 5.72 Å². The standard InChI is InChI=1S/C19H20N2O3/c1-19(24-2)17(22)20(13-15-9-5-3-6-10-15)18(23)21(19)14-16-11-7-4-8-12-16/h3-12H,13-14H2,1-2H3. The van der Waals surface area contributed by atoms with E-state index in [1.165, 1.54) is 16.9 Å². The van der Waals surface area contributed by atoms with Crippen molar-refractivity contribution < 1.29 is 14.3 Å². The van der Waals surface area contributed by atoms with Crippen molar-refractivity contribution in [2.24, 2.45) is 0 Å². The van der Waals surface area contributed by atoms with Gasteiger partial charge in [-0.25, -0.2) is 4.79 Å². The molecule has 0 spiro atoms. The van der Waals surface area contributed by atoms with Crippen molar-refractivity contribution in [3.8, 4) is 0 Å². The van der Waals surface area contributed by atoms with E-state index in [9.17, 15) is 9.59 Å². The van der Waals surface area contributed by atoms with Gasteiger partial charge in [0.15, 0.2) is 0 Å². The van der Waals surface area contributed by atoms with Crippen LogP contribution < -0.4 is 0 Å². The third-order valence-corrected chi connectivity index (χ3v) is 4.38. The van der Waals surface area contributed by atoms with Crippen LogP contribution in [0.4, 0.5) is 4.79 Å². The molecule has 0 saturated carbocycles. The molecule has 5 nitrogen and oxygen atoms in total. The number of amides is 3. The van der Waals surface area contributed by atoms with Crippen molar-refractivity contribution in [2.75, 3.05) is 7.11 Å². The molecule has 1 heterocycles. The Morgan fingerprint density at radius 1 is 0.875 bits per heavy atom. The summed E-state index contributed by atoms with van der Waals surface area (Å²) < 4.78 is 5.45. The van der Waals surface area contributed by atoms with Gasteiger partial charge in [0.25, 0.3) is 5.91 Å². The fourth-order valence-electron chi connectivity index (χ4n) is 2.87. The van der Waals surface area contributed by atoms with Crippen LogP contribution in [-0.4, -0.2) is 34.6 Å². The Kier molecular flexibility index (Phi) is 4.36. The first kappa shape index (κ1) is 16.2. The SMILES string of the molecule is COC1(C)C(=O)N(Cc2ccccc2)C(=O)N1Cc1ccccc1. The summed E-state index contributed by atoms with van der Waals surface area (Å²) in [7, 11) is 1.45. The number of carbonyl (C=O) groups excluding carboxylic acids is 2. The van der Waals surface area contributed by atoms with Gasteiger partial charge in [-0.05, 0) is 18.1 Å². The Hall–Kier alpha value is -2.66. The minimum absolute atomic E-state index is 0.239. The Balaban J connectivity index is 1.88. The number of imide groups is 1. The first-order chi connectivity index (χ1) is 11.6. The Morgan fingerprint density at radius 3 is 1.88 bits per heavy atom. The number of methoxy groups -OCH3 is 1. The number of rotatable bonds is 5. The predicted molar refractivity (Wildman–Crippen MR) is 89.8 cm³/mol. The van der Waals surface area contributed by atoms with Gasteiger partial charge in [0.1, 0.15) is 0 Å².